The normalized spacial score (nSPS) is 10.1. The van der Waals surface area contributed by atoms with Gasteiger partial charge in [-0.15, -0.1) is 0 Å². The molecule has 2 aromatic rings. The van der Waals surface area contributed by atoms with Gasteiger partial charge in [-0.2, -0.15) is 0 Å². The molecule has 1 aromatic heterocycles. The molecule has 0 bridgehead atoms. The van der Waals surface area contributed by atoms with Crippen LogP contribution < -0.4 is 20.5 Å². The summed E-state index contributed by atoms with van der Waals surface area (Å²) in [5.74, 6) is -1.53. The molecule has 24 heavy (non-hydrogen) atoms. The molecule has 1 aromatic carbocycles. The van der Waals surface area contributed by atoms with Crippen LogP contribution in [0.15, 0.2) is 36.5 Å². The summed E-state index contributed by atoms with van der Waals surface area (Å²) in [5, 5.41) is 12.5. The second-order valence-electron chi connectivity index (χ2n) is 4.52. The molecule has 9 heteroatoms. The van der Waals surface area contributed by atoms with Gasteiger partial charge in [0.15, 0.2) is 5.75 Å². The number of aromatic nitrogens is 1. The van der Waals surface area contributed by atoms with Crippen molar-refractivity contribution in [2.75, 3.05) is 6.54 Å². The van der Waals surface area contributed by atoms with E-state index in [4.69, 9.17) is 26.8 Å². The van der Waals surface area contributed by atoms with Gasteiger partial charge in [-0.25, -0.2) is 9.78 Å². The van der Waals surface area contributed by atoms with Gasteiger partial charge in [0.05, 0.1) is 6.54 Å². The van der Waals surface area contributed by atoms with Crippen molar-refractivity contribution in [3.05, 3.63) is 47.1 Å². The van der Waals surface area contributed by atoms with Crippen LogP contribution in [0.2, 0.25) is 5.02 Å². The monoisotopic (exact) mass is 351 g/mol. The number of carbonyl (C=O) groups is 2. The first-order chi connectivity index (χ1) is 11.5. The number of imide groups is 1. The third-order valence-electron chi connectivity index (χ3n) is 2.78. The molecule has 2 amide bonds. The first-order valence-electron chi connectivity index (χ1n) is 6.76. The van der Waals surface area contributed by atoms with E-state index in [1.54, 1.807) is 24.3 Å². The Balaban J connectivity index is 2.03. The molecule has 0 fully saturated rings. The van der Waals surface area contributed by atoms with Crippen LogP contribution in [-0.4, -0.2) is 28.6 Å². The zero-order chi connectivity index (χ0) is 17.5. The SMILES string of the molecule is NCC(=O)NC(=O)Oc1nccc(OCc2ccc(Cl)cc2)c1O. The minimum atomic E-state index is -1.11. The molecule has 0 spiro atoms. The number of aromatic hydroxyl groups is 1. The van der Waals surface area contributed by atoms with Gasteiger partial charge in [0.2, 0.25) is 11.7 Å². The Labute approximate surface area is 142 Å². The lowest BCUT2D eigenvalue weighted by Crippen LogP contribution is -2.37. The van der Waals surface area contributed by atoms with E-state index in [0.29, 0.717) is 5.02 Å². The summed E-state index contributed by atoms with van der Waals surface area (Å²) >= 11 is 5.79. The highest BCUT2D eigenvalue weighted by Crippen LogP contribution is 2.34. The van der Waals surface area contributed by atoms with Crippen LogP contribution in [0.25, 0.3) is 0 Å². The molecule has 0 saturated heterocycles. The molecule has 2 rings (SSSR count). The molecule has 0 aliphatic heterocycles. The Morgan fingerprint density at radius 3 is 2.62 bits per heavy atom. The molecule has 0 aliphatic carbocycles. The fourth-order valence-corrected chi connectivity index (χ4v) is 1.76. The summed E-state index contributed by atoms with van der Waals surface area (Å²) in [7, 11) is 0. The van der Waals surface area contributed by atoms with E-state index in [9.17, 15) is 14.7 Å². The number of ether oxygens (including phenoxy) is 2. The summed E-state index contributed by atoms with van der Waals surface area (Å²) in [6.45, 7) is -0.217. The second kappa shape index (κ2) is 8.14. The lowest BCUT2D eigenvalue weighted by atomic mass is 10.2. The quantitative estimate of drug-likeness (QED) is 0.747. The number of halogens is 1. The molecule has 0 saturated carbocycles. The van der Waals surface area contributed by atoms with Crippen molar-refractivity contribution >= 4 is 23.6 Å². The van der Waals surface area contributed by atoms with Crippen LogP contribution in [0.4, 0.5) is 4.79 Å². The van der Waals surface area contributed by atoms with Crippen LogP contribution in [0, 0.1) is 0 Å². The average molecular weight is 352 g/mol. The minimum absolute atomic E-state index is 0.0629. The van der Waals surface area contributed by atoms with Gasteiger partial charge < -0.3 is 20.3 Å². The van der Waals surface area contributed by atoms with Gasteiger partial charge in [-0.1, -0.05) is 23.7 Å². The number of rotatable bonds is 5. The number of pyridine rings is 1. The topological polar surface area (TPSA) is 124 Å². The highest BCUT2D eigenvalue weighted by molar-refractivity contribution is 6.30. The predicted molar refractivity (Wildman–Crippen MR) is 84.9 cm³/mol. The van der Waals surface area contributed by atoms with Crippen LogP contribution in [0.1, 0.15) is 5.56 Å². The standard InChI is InChI=1S/C15H14ClN3O5/c16-10-3-1-9(2-4-10)8-23-11-5-6-18-14(13(11)21)24-15(22)19-12(20)7-17/h1-6,21H,7-8,17H2,(H,19,20,22). The summed E-state index contributed by atoms with van der Waals surface area (Å²) in [4.78, 5) is 26.1. The maximum atomic E-state index is 11.4. The summed E-state index contributed by atoms with van der Waals surface area (Å²) in [6.07, 6.45) is 0.174. The van der Waals surface area contributed by atoms with Gasteiger partial charge in [0, 0.05) is 17.3 Å². The van der Waals surface area contributed by atoms with Gasteiger partial charge in [-0.05, 0) is 17.7 Å². The molecule has 126 valence electrons. The Morgan fingerprint density at radius 2 is 1.96 bits per heavy atom. The molecule has 0 unspecified atom stereocenters. The molecule has 4 N–H and O–H groups in total. The van der Waals surface area contributed by atoms with Gasteiger partial charge >= 0.3 is 6.09 Å². The fraction of sp³-hybridized carbons (Fsp3) is 0.133. The van der Waals surface area contributed by atoms with Crippen LogP contribution in [0.3, 0.4) is 0 Å². The second-order valence-corrected chi connectivity index (χ2v) is 4.96. The van der Waals surface area contributed by atoms with Crippen molar-refractivity contribution in [3.8, 4) is 17.4 Å². The lowest BCUT2D eigenvalue weighted by Gasteiger charge is -2.10. The van der Waals surface area contributed by atoms with Crippen LogP contribution in [0.5, 0.6) is 17.4 Å². The number of benzene rings is 1. The van der Waals surface area contributed by atoms with Gasteiger partial charge in [-0.3, -0.25) is 10.1 Å². The zero-order valence-corrected chi connectivity index (χ0v) is 13.1. The maximum Gasteiger partial charge on any atom is 0.420 e. The number of hydrogen-bond donors (Lipinski definition) is 3. The maximum absolute atomic E-state index is 11.4. The highest BCUT2D eigenvalue weighted by Gasteiger charge is 2.16. The van der Waals surface area contributed by atoms with E-state index in [0.717, 1.165) is 5.56 Å². The number of nitrogens with zero attached hydrogens (tertiary/aromatic N) is 1. The van der Waals surface area contributed by atoms with Crippen molar-refractivity contribution in [2.24, 2.45) is 5.73 Å². The smallest absolute Gasteiger partial charge is 0.420 e. The van der Waals surface area contributed by atoms with Crippen LogP contribution in [-0.2, 0) is 11.4 Å². The number of amides is 2. The number of carbonyl (C=O) groups excluding carboxylic acids is 2. The third-order valence-corrected chi connectivity index (χ3v) is 3.03. The molecule has 0 aliphatic rings. The Hall–Kier alpha value is -2.84. The average Bonchev–Trinajstić information content (AvgIpc) is 2.57. The van der Waals surface area contributed by atoms with Crippen molar-refractivity contribution in [2.45, 2.75) is 6.61 Å². The number of nitrogens with one attached hydrogen (secondary N) is 1. The predicted octanol–water partition coefficient (Wildman–Crippen LogP) is 1.59. The largest absolute Gasteiger partial charge is 0.501 e. The Kier molecular flexibility index (Phi) is 5.94. The van der Waals surface area contributed by atoms with Crippen molar-refractivity contribution in [3.63, 3.8) is 0 Å². The van der Waals surface area contributed by atoms with Gasteiger partial charge in [0.25, 0.3) is 5.88 Å². The van der Waals surface area contributed by atoms with E-state index in [1.807, 2.05) is 5.32 Å². The summed E-state index contributed by atoms with van der Waals surface area (Å²) in [5.41, 5.74) is 5.88. The van der Waals surface area contributed by atoms with E-state index in [-0.39, 0.29) is 18.9 Å². The number of hydrogen-bond acceptors (Lipinski definition) is 7. The van der Waals surface area contributed by atoms with E-state index in [2.05, 4.69) is 4.98 Å². The summed E-state index contributed by atoms with van der Waals surface area (Å²) in [6, 6.07) is 8.36. The summed E-state index contributed by atoms with van der Waals surface area (Å²) < 4.78 is 10.2. The molecule has 1 heterocycles. The molecule has 0 atom stereocenters. The van der Waals surface area contributed by atoms with Crippen molar-refractivity contribution in [1.82, 2.24) is 10.3 Å². The first-order valence-corrected chi connectivity index (χ1v) is 7.14. The Bertz CT molecular complexity index is 736. The van der Waals surface area contributed by atoms with Gasteiger partial charge in [0.1, 0.15) is 6.61 Å². The number of nitrogens with two attached hydrogens (primary N) is 1. The lowest BCUT2D eigenvalue weighted by molar-refractivity contribution is -0.118. The molecular weight excluding hydrogens is 338 g/mol. The highest BCUT2D eigenvalue weighted by atomic mass is 35.5. The molecular formula is C15H14ClN3O5. The third kappa shape index (κ3) is 4.83. The minimum Gasteiger partial charge on any atom is -0.501 e. The Morgan fingerprint density at radius 1 is 1.25 bits per heavy atom. The zero-order valence-electron chi connectivity index (χ0n) is 12.4. The molecule has 8 nitrogen and oxygen atoms in total. The molecule has 0 radical (unpaired) electrons. The van der Waals surface area contributed by atoms with Crippen molar-refractivity contribution < 1.29 is 24.2 Å². The van der Waals surface area contributed by atoms with E-state index in [1.165, 1.54) is 12.3 Å². The van der Waals surface area contributed by atoms with E-state index >= 15 is 0 Å². The van der Waals surface area contributed by atoms with E-state index < -0.39 is 23.6 Å². The van der Waals surface area contributed by atoms with Crippen molar-refractivity contribution in [1.29, 1.82) is 0 Å². The van der Waals surface area contributed by atoms with Crippen LogP contribution >= 0.6 is 11.6 Å². The first kappa shape index (κ1) is 17.5. The fourth-order valence-electron chi connectivity index (χ4n) is 1.63.